The number of esters is 2. The molecular formula is C30H30O6S. The SMILES string of the molecule is CCC1(OC(=O)COC(=O)c2ccc(OC)c(Sc3ccccc3C(=O)c3ccccc3)c2)CCCC1. The van der Waals surface area contributed by atoms with Crippen molar-refractivity contribution < 1.29 is 28.6 Å². The summed E-state index contributed by atoms with van der Waals surface area (Å²) in [6, 6.07) is 21.3. The lowest BCUT2D eigenvalue weighted by atomic mass is 9.99. The number of ether oxygens (including phenoxy) is 3. The maximum Gasteiger partial charge on any atom is 0.344 e. The summed E-state index contributed by atoms with van der Waals surface area (Å²) in [5.74, 6) is -0.710. The topological polar surface area (TPSA) is 78.9 Å². The van der Waals surface area contributed by atoms with Crippen LogP contribution in [0.3, 0.4) is 0 Å². The highest BCUT2D eigenvalue weighted by molar-refractivity contribution is 7.99. The minimum Gasteiger partial charge on any atom is -0.496 e. The number of carbonyl (C=O) groups is 3. The first kappa shape index (κ1) is 26.5. The lowest BCUT2D eigenvalue weighted by Crippen LogP contribution is -2.33. The molecule has 1 aliphatic carbocycles. The summed E-state index contributed by atoms with van der Waals surface area (Å²) in [5, 5.41) is 0. The van der Waals surface area contributed by atoms with Gasteiger partial charge in [-0.1, -0.05) is 61.2 Å². The second-order valence-corrected chi connectivity index (χ2v) is 10.0. The fourth-order valence-electron chi connectivity index (χ4n) is 4.52. The van der Waals surface area contributed by atoms with Crippen LogP contribution in [0.25, 0.3) is 0 Å². The number of ketones is 1. The zero-order valence-electron chi connectivity index (χ0n) is 21.0. The lowest BCUT2D eigenvalue weighted by Gasteiger charge is -2.27. The molecular weight excluding hydrogens is 488 g/mol. The van der Waals surface area contributed by atoms with Gasteiger partial charge in [0.2, 0.25) is 0 Å². The van der Waals surface area contributed by atoms with Crippen molar-refractivity contribution in [3.63, 3.8) is 0 Å². The monoisotopic (exact) mass is 518 g/mol. The zero-order chi connectivity index (χ0) is 26.3. The Morgan fingerprint density at radius 3 is 2.27 bits per heavy atom. The molecule has 4 rings (SSSR count). The van der Waals surface area contributed by atoms with Gasteiger partial charge in [-0.15, -0.1) is 0 Å². The van der Waals surface area contributed by atoms with Gasteiger partial charge in [-0.25, -0.2) is 9.59 Å². The van der Waals surface area contributed by atoms with E-state index in [4.69, 9.17) is 14.2 Å². The maximum absolute atomic E-state index is 13.1. The normalized spacial score (nSPS) is 14.1. The number of benzene rings is 3. The maximum atomic E-state index is 13.1. The third-order valence-electron chi connectivity index (χ3n) is 6.60. The van der Waals surface area contributed by atoms with Crippen molar-refractivity contribution in [2.24, 2.45) is 0 Å². The van der Waals surface area contributed by atoms with Crippen molar-refractivity contribution in [3.8, 4) is 5.75 Å². The second kappa shape index (κ2) is 12.1. The summed E-state index contributed by atoms with van der Waals surface area (Å²) in [7, 11) is 1.54. The Kier molecular flexibility index (Phi) is 8.66. The largest absolute Gasteiger partial charge is 0.496 e. The summed E-state index contributed by atoms with van der Waals surface area (Å²) < 4.78 is 16.4. The van der Waals surface area contributed by atoms with Gasteiger partial charge in [-0.3, -0.25) is 4.79 Å². The number of rotatable bonds is 10. The van der Waals surface area contributed by atoms with E-state index in [1.165, 1.54) is 11.8 Å². The van der Waals surface area contributed by atoms with E-state index < -0.39 is 24.1 Å². The van der Waals surface area contributed by atoms with Gasteiger partial charge in [0.25, 0.3) is 0 Å². The Labute approximate surface area is 221 Å². The highest BCUT2D eigenvalue weighted by atomic mass is 32.2. The van der Waals surface area contributed by atoms with Crippen LogP contribution in [0.5, 0.6) is 5.75 Å². The molecule has 0 saturated heterocycles. The number of carbonyl (C=O) groups excluding carboxylic acids is 3. The molecule has 1 saturated carbocycles. The molecule has 7 heteroatoms. The number of methoxy groups -OCH3 is 1. The van der Waals surface area contributed by atoms with Crippen LogP contribution >= 0.6 is 11.8 Å². The average Bonchev–Trinajstić information content (AvgIpc) is 3.41. The molecule has 3 aromatic rings. The molecule has 0 unspecified atom stereocenters. The highest BCUT2D eigenvalue weighted by Gasteiger charge is 2.36. The Balaban J connectivity index is 1.48. The van der Waals surface area contributed by atoms with E-state index in [1.54, 1.807) is 43.5 Å². The molecule has 1 aliphatic rings. The van der Waals surface area contributed by atoms with Crippen LogP contribution < -0.4 is 4.74 Å². The summed E-state index contributed by atoms with van der Waals surface area (Å²) >= 11 is 1.32. The van der Waals surface area contributed by atoms with Crippen LogP contribution in [-0.2, 0) is 14.3 Å². The van der Waals surface area contributed by atoms with Gasteiger partial charge >= 0.3 is 11.9 Å². The number of hydrogen-bond acceptors (Lipinski definition) is 7. The minimum atomic E-state index is -0.632. The van der Waals surface area contributed by atoms with Crippen LogP contribution in [0.1, 0.15) is 65.3 Å². The van der Waals surface area contributed by atoms with Crippen LogP contribution in [0.15, 0.2) is 82.6 Å². The first-order chi connectivity index (χ1) is 17.9. The van der Waals surface area contributed by atoms with Crippen LogP contribution in [0, 0.1) is 0 Å². The van der Waals surface area contributed by atoms with Gasteiger partial charge in [0.1, 0.15) is 11.4 Å². The van der Waals surface area contributed by atoms with Gasteiger partial charge in [0, 0.05) is 16.0 Å². The van der Waals surface area contributed by atoms with Crippen molar-refractivity contribution in [2.75, 3.05) is 13.7 Å². The van der Waals surface area contributed by atoms with Gasteiger partial charge < -0.3 is 14.2 Å². The van der Waals surface area contributed by atoms with E-state index in [1.807, 2.05) is 43.3 Å². The quantitative estimate of drug-likeness (QED) is 0.224. The Morgan fingerprint density at radius 2 is 1.57 bits per heavy atom. The third-order valence-corrected chi connectivity index (χ3v) is 7.71. The molecule has 0 aromatic heterocycles. The van der Waals surface area contributed by atoms with Crippen molar-refractivity contribution in [3.05, 3.63) is 89.5 Å². The van der Waals surface area contributed by atoms with E-state index in [0.29, 0.717) is 21.8 Å². The van der Waals surface area contributed by atoms with Crippen LogP contribution in [-0.4, -0.2) is 37.0 Å². The van der Waals surface area contributed by atoms with E-state index in [0.717, 1.165) is 37.0 Å². The molecule has 0 atom stereocenters. The fraction of sp³-hybridized carbons (Fsp3) is 0.300. The molecule has 192 valence electrons. The fourth-order valence-corrected chi connectivity index (χ4v) is 5.61. The van der Waals surface area contributed by atoms with E-state index >= 15 is 0 Å². The summed E-state index contributed by atoms with van der Waals surface area (Å²) in [6.07, 6.45) is 4.51. The van der Waals surface area contributed by atoms with E-state index in [2.05, 4.69) is 0 Å². The molecule has 0 bridgehead atoms. The van der Waals surface area contributed by atoms with Gasteiger partial charge in [-0.2, -0.15) is 0 Å². The van der Waals surface area contributed by atoms with Crippen molar-refractivity contribution in [1.82, 2.24) is 0 Å². The van der Waals surface area contributed by atoms with Crippen LogP contribution in [0.4, 0.5) is 0 Å². The molecule has 3 aromatic carbocycles. The summed E-state index contributed by atoms with van der Waals surface area (Å²) in [4.78, 5) is 39.6. The van der Waals surface area contributed by atoms with Crippen molar-refractivity contribution in [1.29, 1.82) is 0 Å². The molecule has 0 radical (unpaired) electrons. The van der Waals surface area contributed by atoms with Crippen LogP contribution in [0.2, 0.25) is 0 Å². The molecule has 37 heavy (non-hydrogen) atoms. The van der Waals surface area contributed by atoms with E-state index in [-0.39, 0.29) is 11.3 Å². The average molecular weight is 519 g/mol. The number of hydrogen-bond donors (Lipinski definition) is 0. The molecule has 6 nitrogen and oxygen atoms in total. The molecule has 1 fully saturated rings. The van der Waals surface area contributed by atoms with E-state index in [9.17, 15) is 14.4 Å². The zero-order valence-corrected chi connectivity index (χ0v) is 21.8. The third kappa shape index (κ3) is 6.41. The highest BCUT2D eigenvalue weighted by Crippen LogP contribution is 2.38. The van der Waals surface area contributed by atoms with Gasteiger partial charge in [0.05, 0.1) is 17.6 Å². The molecule has 0 N–H and O–H groups in total. The molecule has 0 amide bonds. The lowest BCUT2D eigenvalue weighted by molar-refractivity contribution is -0.163. The molecule has 0 aliphatic heterocycles. The first-order valence-electron chi connectivity index (χ1n) is 12.4. The predicted molar refractivity (Wildman–Crippen MR) is 141 cm³/mol. The van der Waals surface area contributed by atoms with Gasteiger partial charge in [-0.05, 0) is 62.4 Å². The van der Waals surface area contributed by atoms with Gasteiger partial charge in [0.15, 0.2) is 12.4 Å². The Morgan fingerprint density at radius 1 is 0.865 bits per heavy atom. The second-order valence-electron chi connectivity index (χ2n) is 8.95. The minimum absolute atomic E-state index is 0.0937. The summed E-state index contributed by atoms with van der Waals surface area (Å²) in [5.41, 5.74) is 0.981. The Hall–Kier alpha value is -3.58. The standard InChI is InChI=1S/C30H30O6S/c1-3-30(17-9-10-18-30)36-27(31)20-35-29(33)22-15-16-24(34-2)26(19-22)37-25-14-8-7-13-23(25)28(32)21-11-5-4-6-12-21/h4-8,11-16,19H,3,9-10,17-18,20H2,1-2H3. The summed E-state index contributed by atoms with van der Waals surface area (Å²) in [6.45, 7) is 1.57. The Bertz CT molecular complexity index is 1260. The predicted octanol–water partition coefficient (Wildman–Crippen LogP) is 6.50. The molecule has 0 heterocycles. The first-order valence-corrected chi connectivity index (χ1v) is 13.2. The van der Waals surface area contributed by atoms with Crippen molar-refractivity contribution >= 4 is 29.5 Å². The van der Waals surface area contributed by atoms with Crippen molar-refractivity contribution in [2.45, 2.75) is 54.4 Å². The molecule has 0 spiro atoms. The smallest absolute Gasteiger partial charge is 0.344 e.